The summed E-state index contributed by atoms with van der Waals surface area (Å²) in [5.74, 6) is -0.192. The van der Waals surface area contributed by atoms with Crippen LogP contribution in [0, 0.1) is 5.82 Å². The number of benzene rings is 1. The summed E-state index contributed by atoms with van der Waals surface area (Å²) < 4.78 is 13.6. The molecule has 0 fully saturated rings. The van der Waals surface area contributed by atoms with E-state index in [4.69, 9.17) is 0 Å². The standard InChI is InChI=1S/C9H9BrFN/c10-8-7(11)4-3-6-2-1-5-12-9(6)8/h3-4,12H,1-2,5H2. The minimum atomic E-state index is -0.192. The summed E-state index contributed by atoms with van der Waals surface area (Å²) in [4.78, 5) is 0. The normalized spacial score (nSPS) is 15.2. The fourth-order valence-corrected chi connectivity index (χ4v) is 2.01. The minimum absolute atomic E-state index is 0.192. The van der Waals surface area contributed by atoms with Crippen LogP contribution in [-0.4, -0.2) is 6.54 Å². The average Bonchev–Trinajstić information content (AvgIpc) is 2.12. The van der Waals surface area contributed by atoms with Crippen LogP contribution < -0.4 is 5.32 Å². The van der Waals surface area contributed by atoms with E-state index in [1.54, 1.807) is 0 Å². The highest BCUT2D eigenvalue weighted by Crippen LogP contribution is 2.32. The Hall–Kier alpha value is -0.570. The summed E-state index contributed by atoms with van der Waals surface area (Å²) in [6.07, 6.45) is 2.17. The molecule has 1 aliphatic rings. The number of halogens is 2. The highest BCUT2D eigenvalue weighted by atomic mass is 79.9. The van der Waals surface area contributed by atoms with Crippen LogP contribution in [0.4, 0.5) is 10.1 Å². The van der Waals surface area contributed by atoms with E-state index in [-0.39, 0.29) is 5.82 Å². The van der Waals surface area contributed by atoms with Crippen LogP contribution in [0.5, 0.6) is 0 Å². The van der Waals surface area contributed by atoms with E-state index < -0.39 is 0 Å². The molecular formula is C9H9BrFN. The lowest BCUT2D eigenvalue weighted by atomic mass is 10.0. The first kappa shape index (κ1) is 8.05. The summed E-state index contributed by atoms with van der Waals surface area (Å²) in [5.41, 5.74) is 2.13. The largest absolute Gasteiger partial charge is 0.384 e. The van der Waals surface area contributed by atoms with Gasteiger partial charge in [0.25, 0.3) is 0 Å². The molecule has 3 heteroatoms. The Morgan fingerprint density at radius 3 is 3.08 bits per heavy atom. The molecule has 0 amide bonds. The molecule has 0 saturated heterocycles. The number of hydrogen-bond donors (Lipinski definition) is 1. The average molecular weight is 230 g/mol. The van der Waals surface area contributed by atoms with E-state index in [0.29, 0.717) is 4.47 Å². The first-order valence-electron chi connectivity index (χ1n) is 4.00. The number of aryl methyl sites for hydroxylation is 1. The van der Waals surface area contributed by atoms with Gasteiger partial charge < -0.3 is 5.32 Å². The third-order valence-corrected chi connectivity index (χ3v) is 2.88. The van der Waals surface area contributed by atoms with Gasteiger partial charge in [-0.05, 0) is 40.4 Å². The van der Waals surface area contributed by atoms with Gasteiger partial charge in [0, 0.05) is 6.54 Å². The van der Waals surface area contributed by atoms with Gasteiger partial charge in [-0.25, -0.2) is 4.39 Å². The number of anilines is 1. The first-order valence-corrected chi connectivity index (χ1v) is 4.79. The molecule has 64 valence electrons. The molecule has 1 aromatic rings. The summed E-state index contributed by atoms with van der Waals surface area (Å²) >= 11 is 3.23. The molecule has 2 rings (SSSR count). The number of fused-ring (bicyclic) bond motifs is 1. The summed E-state index contributed by atoms with van der Waals surface area (Å²) in [6.45, 7) is 0.940. The third-order valence-electron chi connectivity index (χ3n) is 2.11. The van der Waals surface area contributed by atoms with Crippen LogP contribution in [0.2, 0.25) is 0 Å². The molecular weight excluding hydrogens is 221 g/mol. The molecule has 0 aliphatic carbocycles. The van der Waals surface area contributed by atoms with Crippen LogP contribution in [0.25, 0.3) is 0 Å². The second kappa shape index (κ2) is 3.05. The predicted molar refractivity (Wildman–Crippen MR) is 50.9 cm³/mol. The summed E-state index contributed by atoms with van der Waals surface area (Å²) in [5, 5.41) is 3.18. The zero-order valence-electron chi connectivity index (χ0n) is 6.53. The maximum absolute atomic E-state index is 13.0. The third kappa shape index (κ3) is 1.22. The van der Waals surface area contributed by atoms with Gasteiger partial charge in [0.2, 0.25) is 0 Å². The zero-order chi connectivity index (χ0) is 8.55. The van der Waals surface area contributed by atoms with E-state index in [1.807, 2.05) is 6.07 Å². The molecule has 1 heterocycles. The zero-order valence-corrected chi connectivity index (χ0v) is 8.12. The van der Waals surface area contributed by atoms with E-state index >= 15 is 0 Å². The van der Waals surface area contributed by atoms with Crippen molar-refractivity contribution in [2.24, 2.45) is 0 Å². The second-order valence-electron chi connectivity index (χ2n) is 2.93. The summed E-state index contributed by atoms with van der Waals surface area (Å²) in [7, 11) is 0. The lowest BCUT2D eigenvalue weighted by Crippen LogP contribution is -2.12. The molecule has 0 spiro atoms. The number of nitrogens with one attached hydrogen (secondary N) is 1. The van der Waals surface area contributed by atoms with Crippen molar-refractivity contribution < 1.29 is 4.39 Å². The molecule has 0 unspecified atom stereocenters. The Bertz CT molecular complexity index is 312. The lowest BCUT2D eigenvalue weighted by molar-refractivity contribution is 0.619. The number of hydrogen-bond acceptors (Lipinski definition) is 1. The topological polar surface area (TPSA) is 12.0 Å². The van der Waals surface area contributed by atoms with Gasteiger partial charge in [-0.15, -0.1) is 0 Å². The van der Waals surface area contributed by atoms with Crippen LogP contribution in [-0.2, 0) is 6.42 Å². The maximum atomic E-state index is 13.0. The Morgan fingerprint density at radius 1 is 1.42 bits per heavy atom. The maximum Gasteiger partial charge on any atom is 0.139 e. The molecule has 0 radical (unpaired) electrons. The quantitative estimate of drug-likeness (QED) is 0.722. The molecule has 0 bridgehead atoms. The van der Waals surface area contributed by atoms with Crippen molar-refractivity contribution in [1.29, 1.82) is 0 Å². The van der Waals surface area contributed by atoms with Gasteiger partial charge in [0.05, 0.1) is 10.2 Å². The molecule has 0 saturated carbocycles. The monoisotopic (exact) mass is 229 g/mol. The molecule has 12 heavy (non-hydrogen) atoms. The Labute approximate surface area is 79.1 Å². The van der Waals surface area contributed by atoms with Crippen molar-refractivity contribution in [3.05, 3.63) is 28.0 Å². The van der Waals surface area contributed by atoms with Gasteiger partial charge in [-0.2, -0.15) is 0 Å². The van der Waals surface area contributed by atoms with Gasteiger partial charge in [0.1, 0.15) is 5.82 Å². The Kier molecular flexibility index (Phi) is 2.05. The molecule has 1 aromatic carbocycles. The van der Waals surface area contributed by atoms with Gasteiger partial charge in [-0.3, -0.25) is 0 Å². The molecule has 0 aromatic heterocycles. The van der Waals surface area contributed by atoms with Crippen LogP contribution in [0.1, 0.15) is 12.0 Å². The van der Waals surface area contributed by atoms with Gasteiger partial charge in [0.15, 0.2) is 0 Å². The smallest absolute Gasteiger partial charge is 0.139 e. The fourth-order valence-electron chi connectivity index (χ4n) is 1.48. The highest BCUT2D eigenvalue weighted by Gasteiger charge is 2.13. The summed E-state index contributed by atoms with van der Waals surface area (Å²) in [6, 6.07) is 3.36. The van der Waals surface area contributed by atoms with Crippen LogP contribution >= 0.6 is 15.9 Å². The van der Waals surface area contributed by atoms with Crippen molar-refractivity contribution >= 4 is 21.6 Å². The van der Waals surface area contributed by atoms with Crippen molar-refractivity contribution in [3.8, 4) is 0 Å². The van der Waals surface area contributed by atoms with Crippen molar-refractivity contribution in [2.75, 3.05) is 11.9 Å². The van der Waals surface area contributed by atoms with Crippen molar-refractivity contribution in [1.82, 2.24) is 0 Å². The lowest BCUT2D eigenvalue weighted by Gasteiger charge is -2.19. The molecule has 1 N–H and O–H groups in total. The highest BCUT2D eigenvalue weighted by molar-refractivity contribution is 9.10. The van der Waals surface area contributed by atoms with E-state index in [2.05, 4.69) is 21.2 Å². The molecule has 1 nitrogen and oxygen atoms in total. The fraction of sp³-hybridized carbons (Fsp3) is 0.333. The predicted octanol–water partition coefficient (Wildman–Crippen LogP) is 2.95. The van der Waals surface area contributed by atoms with Crippen LogP contribution in [0.15, 0.2) is 16.6 Å². The van der Waals surface area contributed by atoms with E-state index in [0.717, 1.165) is 25.1 Å². The Balaban J connectivity index is 2.54. The van der Waals surface area contributed by atoms with Gasteiger partial charge in [-0.1, -0.05) is 6.07 Å². The molecule has 0 atom stereocenters. The van der Waals surface area contributed by atoms with Crippen molar-refractivity contribution in [3.63, 3.8) is 0 Å². The van der Waals surface area contributed by atoms with Crippen LogP contribution in [0.3, 0.4) is 0 Å². The van der Waals surface area contributed by atoms with E-state index in [1.165, 1.54) is 11.6 Å². The second-order valence-corrected chi connectivity index (χ2v) is 3.72. The van der Waals surface area contributed by atoms with E-state index in [9.17, 15) is 4.39 Å². The first-order chi connectivity index (χ1) is 5.79. The van der Waals surface area contributed by atoms with Crippen molar-refractivity contribution in [2.45, 2.75) is 12.8 Å². The minimum Gasteiger partial charge on any atom is -0.384 e. The molecule has 1 aliphatic heterocycles. The SMILES string of the molecule is Fc1ccc2c(c1Br)NCCC2. The van der Waals surface area contributed by atoms with Gasteiger partial charge >= 0.3 is 0 Å². The number of rotatable bonds is 0. The Morgan fingerprint density at radius 2 is 2.25 bits per heavy atom.